The average molecular weight is 566 g/mol. The minimum Gasteiger partial charge on any atom is -0.492 e. The lowest BCUT2D eigenvalue weighted by Crippen LogP contribution is -2.45. The number of ether oxygens (including phenoxy) is 2. The number of rotatable bonds is 11. The molecule has 4 aromatic carbocycles. The fourth-order valence-corrected chi connectivity index (χ4v) is 4.84. The minimum absolute atomic E-state index is 0.00522. The molecule has 0 spiro atoms. The molecule has 0 bridgehead atoms. The number of nitrogens with zero attached hydrogens (tertiary/aromatic N) is 2. The Labute approximate surface area is 246 Å². The van der Waals surface area contributed by atoms with Gasteiger partial charge in [-0.3, -0.25) is 9.69 Å². The molecule has 8 heteroatoms. The molecule has 0 aliphatic carbocycles. The predicted octanol–water partition coefficient (Wildman–Crippen LogP) is 5.51. The van der Waals surface area contributed by atoms with Gasteiger partial charge in [-0.05, 0) is 54.1 Å². The number of hydrogen-bond acceptors (Lipinski definition) is 6. The van der Waals surface area contributed by atoms with Gasteiger partial charge in [0, 0.05) is 32.7 Å². The molecule has 4 aromatic rings. The van der Waals surface area contributed by atoms with Crippen LogP contribution in [0, 0.1) is 0 Å². The third-order valence-corrected chi connectivity index (χ3v) is 7.31. The van der Waals surface area contributed by atoms with E-state index in [0.29, 0.717) is 18.1 Å². The largest absolute Gasteiger partial charge is 0.492 e. The molecule has 1 amide bonds. The van der Waals surface area contributed by atoms with Gasteiger partial charge < -0.3 is 24.8 Å². The second kappa shape index (κ2) is 13.8. The third kappa shape index (κ3) is 7.54. The first-order valence-electron chi connectivity index (χ1n) is 14.0. The van der Waals surface area contributed by atoms with Crippen LogP contribution in [0.4, 0.5) is 5.69 Å². The molecule has 1 heterocycles. The summed E-state index contributed by atoms with van der Waals surface area (Å²) in [6.45, 7) is 5.59. The Morgan fingerprint density at radius 3 is 2.21 bits per heavy atom. The van der Waals surface area contributed by atoms with Crippen LogP contribution < -0.4 is 14.8 Å². The highest BCUT2D eigenvalue weighted by molar-refractivity contribution is 6.09. The van der Waals surface area contributed by atoms with Crippen molar-refractivity contribution in [3.8, 4) is 22.6 Å². The summed E-state index contributed by atoms with van der Waals surface area (Å²) in [6, 6.07) is 29.4. The average Bonchev–Trinajstić information content (AvgIpc) is 3.02. The summed E-state index contributed by atoms with van der Waals surface area (Å²) in [6.07, 6.45) is 0. The maximum Gasteiger partial charge on any atom is 0.337 e. The van der Waals surface area contributed by atoms with Gasteiger partial charge in [-0.2, -0.15) is 0 Å². The van der Waals surface area contributed by atoms with Crippen molar-refractivity contribution >= 4 is 17.6 Å². The molecule has 0 radical (unpaired) electrons. The molecular formula is C34H35N3O5. The van der Waals surface area contributed by atoms with E-state index in [1.807, 2.05) is 60.7 Å². The summed E-state index contributed by atoms with van der Waals surface area (Å²) in [5.74, 6) is -0.710. The van der Waals surface area contributed by atoms with Crippen molar-refractivity contribution in [2.45, 2.75) is 6.61 Å². The molecule has 2 N–H and O–H groups in total. The zero-order valence-corrected chi connectivity index (χ0v) is 23.7. The highest BCUT2D eigenvalue weighted by Gasteiger charge is 2.20. The summed E-state index contributed by atoms with van der Waals surface area (Å²) >= 11 is 0. The number of anilines is 1. The first kappa shape index (κ1) is 28.9. The van der Waals surface area contributed by atoms with E-state index in [1.54, 1.807) is 30.3 Å². The number of benzene rings is 4. The second-order valence-corrected chi connectivity index (χ2v) is 10.3. The highest BCUT2D eigenvalue weighted by atomic mass is 16.5. The van der Waals surface area contributed by atoms with Gasteiger partial charge in [-0.15, -0.1) is 0 Å². The molecule has 0 aromatic heterocycles. The molecule has 0 unspecified atom stereocenters. The number of likely N-dealkylation sites (N-methyl/N-ethyl adjacent to an activating group) is 1. The zero-order chi connectivity index (χ0) is 29.3. The van der Waals surface area contributed by atoms with Crippen molar-refractivity contribution in [2.75, 3.05) is 51.7 Å². The van der Waals surface area contributed by atoms with Gasteiger partial charge in [0.25, 0.3) is 5.91 Å². The van der Waals surface area contributed by atoms with Crippen molar-refractivity contribution < 1.29 is 24.2 Å². The first-order valence-corrected chi connectivity index (χ1v) is 14.0. The van der Waals surface area contributed by atoms with Crippen LogP contribution in [-0.2, 0) is 6.61 Å². The summed E-state index contributed by atoms with van der Waals surface area (Å²) in [4.78, 5) is 30.4. The van der Waals surface area contributed by atoms with Crippen LogP contribution in [0.3, 0.4) is 0 Å². The van der Waals surface area contributed by atoms with Crippen molar-refractivity contribution in [1.82, 2.24) is 9.80 Å². The number of aromatic carboxylic acids is 1. The molecule has 42 heavy (non-hydrogen) atoms. The Hall–Kier alpha value is -4.66. The van der Waals surface area contributed by atoms with Crippen LogP contribution in [-0.4, -0.2) is 73.2 Å². The molecule has 0 saturated carbocycles. The van der Waals surface area contributed by atoms with Gasteiger partial charge in [0.2, 0.25) is 0 Å². The summed E-state index contributed by atoms with van der Waals surface area (Å²) in [5.41, 5.74) is 3.10. The van der Waals surface area contributed by atoms with Crippen molar-refractivity contribution in [3.63, 3.8) is 0 Å². The van der Waals surface area contributed by atoms with Gasteiger partial charge in [-0.25, -0.2) is 4.79 Å². The van der Waals surface area contributed by atoms with Gasteiger partial charge in [0.15, 0.2) is 0 Å². The third-order valence-electron chi connectivity index (χ3n) is 7.31. The molecule has 216 valence electrons. The number of piperazine rings is 1. The lowest BCUT2D eigenvalue weighted by Gasteiger charge is -2.32. The Balaban J connectivity index is 1.38. The molecule has 0 atom stereocenters. The van der Waals surface area contributed by atoms with Gasteiger partial charge in [-0.1, -0.05) is 66.7 Å². The van der Waals surface area contributed by atoms with E-state index in [-0.39, 0.29) is 23.4 Å². The number of carboxylic acid groups (broad SMARTS) is 1. The molecule has 1 aliphatic heterocycles. The monoisotopic (exact) mass is 565 g/mol. The fraction of sp³-hybridized carbons (Fsp3) is 0.235. The van der Waals surface area contributed by atoms with Crippen LogP contribution in [0.5, 0.6) is 11.5 Å². The van der Waals surface area contributed by atoms with Crippen molar-refractivity contribution in [3.05, 3.63) is 114 Å². The number of nitrogens with one attached hydrogen (secondary N) is 1. The van der Waals surface area contributed by atoms with Crippen LogP contribution in [0.25, 0.3) is 11.1 Å². The smallest absolute Gasteiger partial charge is 0.337 e. The standard InChI is InChI=1S/C34H35N3O5/c1-36-16-18-37(19-17-36)20-21-41-28-13-15-32(42-24-25-8-4-2-5-9-25)30(23-28)33(38)35-31-22-27(12-14-29(31)34(39)40)26-10-6-3-7-11-26/h2-15,22-23H,16-21,24H2,1H3,(H,35,38)(H,39,40). The summed E-state index contributed by atoms with van der Waals surface area (Å²) < 4.78 is 12.1. The Morgan fingerprint density at radius 2 is 1.50 bits per heavy atom. The first-order chi connectivity index (χ1) is 20.5. The molecule has 1 fully saturated rings. The minimum atomic E-state index is -1.13. The van der Waals surface area contributed by atoms with Crippen LogP contribution in [0.2, 0.25) is 0 Å². The number of carboxylic acids is 1. The number of carbonyl (C=O) groups excluding carboxylic acids is 1. The van der Waals surface area contributed by atoms with E-state index in [4.69, 9.17) is 9.47 Å². The van der Waals surface area contributed by atoms with E-state index in [2.05, 4.69) is 22.2 Å². The van der Waals surface area contributed by atoms with Crippen LogP contribution in [0.1, 0.15) is 26.3 Å². The fourth-order valence-electron chi connectivity index (χ4n) is 4.84. The van der Waals surface area contributed by atoms with E-state index >= 15 is 0 Å². The molecule has 5 rings (SSSR count). The maximum absolute atomic E-state index is 13.7. The number of amides is 1. The SMILES string of the molecule is CN1CCN(CCOc2ccc(OCc3ccccc3)c(C(=O)Nc3cc(-c4ccccc4)ccc3C(=O)O)c2)CC1. The van der Waals surface area contributed by atoms with Crippen molar-refractivity contribution in [1.29, 1.82) is 0 Å². The van der Waals surface area contributed by atoms with E-state index in [1.165, 1.54) is 6.07 Å². The Bertz CT molecular complexity index is 1500. The second-order valence-electron chi connectivity index (χ2n) is 10.3. The predicted molar refractivity (Wildman–Crippen MR) is 163 cm³/mol. The Morgan fingerprint density at radius 1 is 0.786 bits per heavy atom. The quantitative estimate of drug-likeness (QED) is 0.248. The van der Waals surface area contributed by atoms with E-state index in [0.717, 1.165) is 49.4 Å². The van der Waals surface area contributed by atoms with E-state index < -0.39 is 11.9 Å². The van der Waals surface area contributed by atoms with E-state index in [9.17, 15) is 14.7 Å². The highest BCUT2D eigenvalue weighted by Crippen LogP contribution is 2.29. The lowest BCUT2D eigenvalue weighted by molar-refractivity contribution is 0.0698. The molecule has 1 saturated heterocycles. The van der Waals surface area contributed by atoms with Gasteiger partial charge >= 0.3 is 5.97 Å². The van der Waals surface area contributed by atoms with Gasteiger partial charge in [0.05, 0.1) is 16.8 Å². The lowest BCUT2D eigenvalue weighted by atomic mass is 10.0. The maximum atomic E-state index is 13.7. The summed E-state index contributed by atoms with van der Waals surface area (Å²) in [7, 11) is 2.12. The zero-order valence-electron chi connectivity index (χ0n) is 23.7. The molecule has 1 aliphatic rings. The van der Waals surface area contributed by atoms with Crippen molar-refractivity contribution in [2.24, 2.45) is 0 Å². The number of carbonyl (C=O) groups is 2. The van der Waals surface area contributed by atoms with Crippen LogP contribution in [0.15, 0.2) is 97.1 Å². The normalized spacial score (nSPS) is 13.8. The molecular weight excluding hydrogens is 530 g/mol. The number of hydrogen-bond donors (Lipinski definition) is 2. The summed E-state index contributed by atoms with van der Waals surface area (Å²) in [5, 5.41) is 12.7. The molecule has 8 nitrogen and oxygen atoms in total. The Kier molecular flexibility index (Phi) is 9.48. The van der Waals surface area contributed by atoms with Gasteiger partial charge in [0.1, 0.15) is 24.7 Å². The topological polar surface area (TPSA) is 91.3 Å². The van der Waals surface area contributed by atoms with Crippen LogP contribution >= 0.6 is 0 Å².